The molecule has 5 nitrogen and oxygen atoms in total. The zero-order chi connectivity index (χ0) is 20.4. The molecule has 0 spiro atoms. The number of hydrogen-bond acceptors (Lipinski definition) is 3. The maximum Gasteiger partial charge on any atom is 0.253 e. The van der Waals surface area contributed by atoms with Crippen LogP contribution in [0.2, 0.25) is 5.02 Å². The summed E-state index contributed by atoms with van der Waals surface area (Å²) in [4.78, 5) is 19.3. The average Bonchev–Trinajstić information content (AvgIpc) is 2.70. The molecule has 2 N–H and O–H groups in total. The van der Waals surface area contributed by atoms with Gasteiger partial charge in [-0.2, -0.15) is 0 Å². The van der Waals surface area contributed by atoms with Crippen molar-refractivity contribution < 1.29 is 4.79 Å². The number of rotatable bonds is 8. The first kappa shape index (κ1) is 22.1. The Morgan fingerprint density at radius 2 is 1.75 bits per heavy atom. The molecule has 0 atom stereocenters. The predicted octanol–water partition coefficient (Wildman–Crippen LogP) is 3.89. The molecule has 7 heteroatoms. The Kier molecular flexibility index (Phi) is 9.17. The number of nitrogens with zero attached hydrogens (tertiary/aromatic N) is 2. The first-order valence-corrected chi connectivity index (χ1v) is 10.6. The molecule has 0 saturated heterocycles. The van der Waals surface area contributed by atoms with Crippen LogP contribution in [0.4, 0.5) is 0 Å². The number of carbonyl (C=O) groups excluding carboxylic acids is 1. The van der Waals surface area contributed by atoms with E-state index in [0.29, 0.717) is 12.1 Å². The molecule has 28 heavy (non-hydrogen) atoms. The van der Waals surface area contributed by atoms with Crippen molar-refractivity contribution in [2.24, 2.45) is 4.99 Å². The number of carbonyl (C=O) groups is 1. The average molecular weight is 419 g/mol. The quantitative estimate of drug-likeness (QED) is 0.295. The van der Waals surface area contributed by atoms with Gasteiger partial charge in [-0.05, 0) is 48.9 Å². The van der Waals surface area contributed by atoms with E-state index in [9.17, 15) is 4.79 Å². The lowest BCUT2D eigenvalue weighted by molar-refractivity contribution is 0.0827. The minimum absolute atomic E-state index is 0.00300. The van der Waals surface area contributed by atoms with Crippen LogP contribution in [0.1, 0.15) is 22.8 Å². The first-order valence-electron chi connectivity index (χ1n) is 9.20. The highest BCUT2D eigenvalue weighted by molar-refractivity contribution is 7.99. The van der Waals surface area contributed by atoms with E-state index in [4.69, 9.17) is 11.6 Å². The van der Waals surface area contributed by atoms with Crippen molar-refractivity contribution in [1.82, 2.24) is 15.5 Å². The Hall–Kier alpha value is -2.18. The van der Waals surface area contributed by atoms with Gasteiger partial charge < -0.3 is 15.5 Å². The van der Waals surface area contributed by atoms with Gasteiger partial charge in [0, 0.05) is 48.4 Å². The van der Waals surface area contributed by atoms with E-state index in [1.807, 2.05) is 55.5 Å². The van der Waals surface area contributed by atoms with E-state index in [2.05, 4.69) is 15.6 Å². The van der Waals surface area contributed by atoms with Crippen LogP contribution < -0.4 is 10.6 Å². The number of nitrogens with one attached hydrogen (secondary N) is 2. The fraction of sp³-hybridized carbons (Fsp3) is 0.333. The SMILES string of the molecule is CCNC(=NCc1ccc(C(=O)N(C)C)cc1)NCCSc1ccc(Cl)cc1. The summed E-state index contributed by atoms with van der Waals surface area (Å²) in [5.74, 6) is 1.71. The Morgan fingerprint density at radius 1 is 1.07 bits per heavy atom. The number of benzene rings is 2. The highest BCUT2D eigenvalue weighted by Crippen LogP contribution is 2.19. The van der Waals surface area contributed by atoms with Crippen LogP contribution in [0.5, 0.6) is 0 Å². The van der Waals surface area contributed by atoms with E-state index in [-0.39, 0.29) is 5.91 Å². The lowest BCUT2D eigenvalue weighted by Gasteiger charge is -2.12. The molecule has 150 valence electrons. The molecule has 2 rings (SSSR count). The van der Waals surface area contributed by atoms with Crippen LogP contribution in [0.25, 0.3) is 0 Å². The molecule has 0 aromatic heterocycles. The number of aliphatic imine (C=N–C) groups is 1. The second kappa shape index (κ2) is 11.6. The molecule has 0 heterocycles. The molecular weight excluding hydrogens is 392 g/mol. The van der Waals surface area contributed by atoms with Crippen molar-refractivity contribution in [3.8, 4) is 0 Å². The normalized spacial score (nSPS) is 11.2. The zero-order valence-corrected chi connectivity index (χ0v) is 18.1. The number of hydrogen-bond donors (Lipinski definition) is 2. The van der Waals surface area contributed by atoms with Crippen molar-refractivity contribution >= 4 is 35.2 Å². The maximum absolute atomic E-state index is 11.9. The smallest absolute Gasteiger partial charge is 0.253 e. The number of halogens is 1. The van der Waals surface area contributed by atoms with E-state index in [0.717, 1.165) is 35.4 Å². The third-order valence-electron chi connectivity index (χ3n) is 3.85. The van der Waals surface area contributed by atoms with Gasteiger partial charge in [0.25, 0.3) is 5.91 Å². The summed E-state index contributed by atoms with van der Waals surface area (Å²) in [7, 11) is 3.50. The summed E-state index contributed by atoms with van der Waals surface area (Å²) in [6.07, 6.45) is 0. The molecule has 0 bridgehead atoms. The Bertz CT molecular complexity index is 776. The van der Waals surface area contributed by atoms with E-state index in [1.54, 1.807) is 30.8 Å². The minimum atomic E-state index is 0.00300. The van der Waals surface area contributed by atoms with Crippen molar-refractivity contribution in [2.45, 2.75) is 18.4 Å². The molecule has 2 aromatic rings. The third kappa shape index (κ3) is 7.44. The van der Waals surface area contributed by atoms with Gasteiger partial charge in [0.2, 0.25) is 0 Å². The summed E-state index contributed by atoms with van der Waals surface area (Å²) < 4.78 is 0. The van der Waals surface area contributed by atoms with Crippen LogP contribution in [0.15, 0.2) is 58.4 Å². The van der Waals surface area contributed by atoms with Crippen LogP contribution in [0.3, 0.4) is 0 Å². The highest BCUT2D eigenvalue weighted by Gasteiger charge is 2.07. The maximum atomic E-state index is 11.9. The molecule has 2 aromatic carbocycles. The Balaban J connectivity index is 1.84. The van der Waals surface area contributed by atoms with Crippen LogP contribution in [0, 0.1) is 0 Å². The monoisotopic (exact) mass is 418 g/mol. The topological polar surface area (TPSA) is 56.7 Å². The zero-order valence-electron chi connectivity index (χ0n) is 16.5. The molecular formula is C21H27ClN4OS. The van der Waals surface area contributed by atoms with Crippen LogP contribution in [-0.2, 0) is 6.54 Å². The van der Waals surface area contributed by atoms with Crippen molar-refractivity contribution in [3.63, 3.8) is 0 Å². The van der Waals surface area contributed by atoms with Gasteiger partial charge in [0.15, 0.2) is 5.96 Å². The molecule has 0 aliphatic heterocycles. The predicted molar refractivity (Wildman–Crippen MR) is 119 cm³/mol. The van der Waals surface area contributed by atoms with Gasteiger partial charge in [-0.1, -0.05) is 23.7 Å². The lowest BCUT2D eigenvalue weighted by Crippen LogP contribution is -2.38. The van der Waals surface area contributed by atoms with Crippen molar-refractivity contribution in [1.29, 1.82) is 0 Å². The second-order valence-corrected chi connectivity index (χ2v) is 7.93. The fourth-order valence-corrected chi connectivity index (χ4v) is 3.29. The summed E-state index contributed by atoms with van der Waals surface area (Å²) >= 11 is 7.68. The lowest BCUT2D eigenvalue weighted by atomic mass is 10.1. The van der Waals surface area contributed by atoms with Crippen LogP contribution in [-0.4, -0.2) is 49.7 Å². The van der Waals surface area contributed by atoms with Gasteiger partial charge in [0.1, 0.15) is 0 Å². The number of amides is 1. The van der Waals surface area contributed by atoms with Crippen molar-refractivity contribution in [3.05, 3.63) is 64.7 Å². The van der Waals surface area contributed by atoms with Crippen LogP contribution >= 0.6 is 23.4 Å². The van der Waals surface area contributed by atoms with E-state index >= 15 is 0 Å². The molecule has 0 radical (unpaired) electrons. The van der Waals surface area contributed by atoms with Gasteiger partial charge in [-0.15, -0.1) is 11.8 Å². The first-order chi connectivity index (χ1) is 13.5. The molecule has 0 saturated carbocycles. The minimum Gasteiger partial charge on any atom is -0.357 e. The largest absolute Gasteiger partial charge is 0.357 e. The van der Waals surface area contributed by atoms with Gasteiger partial charge in [-0.3, -0.25) is 4.79 Å². The Labute approximate surface area is 176 Å². The van der Waals surface area contributed by atoms with Gasteiger partial charge >= 0.3 is 0 Å². The molecule has 0 aliphatic rings. The molecule has 0 aliphatic carbocycles. The molecule has 0 unspecified atom stereocenters. The summed E-state index contributed by atoms with van der Waals surface area (Å²) in [5.41, 5.74) is 1.74. The Morgan fingerprint density at radius 3 is 2.36 bits per heavy atom. The van der Waals surface area contributed by atoms with Gasteiger partial charge in [0.05, 0.1) is 6.54 Å². The molecule has 1 amide bonds. The third-order valence-corrected chi connectivity index (χ3v) is 5.11. The van der Waals surface area contributed by atoms with Crippen molar-refractivity contribution in [2.75, 3.05) is 32.9 Å². The standard InChI is InChI=1S/C21H27ClN4OS/c1-4-23-21(24-13-14-28-19-11-9-18(22)10-12-19)25-15-16-5-7-17(8-6-16)20(27)26(2)3/h5-12H,4,13-15H2,1-3H3,(H2,23,24,25). The number of guanidine groups is 1. The number of thioether (sulfide) groups is 1. The summed E-state index contributed by atoms with van der Waals surface area (Å²) in [5, 5.41) is 7.36. The second-order valence-electron chi connectivity index (χ2n) is 6.32. The van der Waals surface area contributed by atoms with Gasteiger partial charge in [-0.25, -0.2) is 4.99 Å². The summed E-state index contributed by atoms with van der Waals surface area (Å²) in [6, 6.07) is 15.4. The van der Waals surface area contributed by atoms with E-state index in [1.165, 1.54) is 4.90 Å². The molecule has 0 fully saturated rings. The highest BCUT2D eigenvalue weighted by atomic mass is 35.5. The summed E-state index contributed by atoms with van der Waals surface area (Å²) in [6.45, 7) is 4.19. The fourth-order valence-electron chi connectivity index (χ4n) is 2.39. The van der Waals surface area contributed by atoms with E-state index < -0.39 is 0 Å².